The van der Waals surface area contributed by atoms with E-state index in [1.807, 2.05) is 6.92 Å². The molecule has 4 N–H and O–H groups in total. The van der Waals surface area contributed by atoms with E-state index in [0.29, 0.717) is 19.1 Å². The summed E-state index contributed by atoms with van der Waals surface area (Å²) in [6.45, 7) is 13.5. The topological polar surface area (TPSA) is 89.0 Å². The third-order valence-electron chi connectivity index (χ3n) is 4.55. The summed E-state index contributed by atoms with van der Waals surface area (Å²) in [6, 6.07) is 6.83. The van der Waals surface area contributed by atoms with Crippen molar-refractivity contribution in [2.45, 2.75) is 46.6 Å². The molecule has 0 aliphatic heterocycles. The fraction of sp³-hybridized carbons (Fsp3) is 0.619. The minimum Gasteiger partial charge on any atom is -0.507 e. The normalized spacial score (nSPS) is 12.7. The van der Waals surface area contributed by atoms with Crippen molar-refractivity contribution < 1.29 is 9.90 Å². The van der Waals surface area contributed by atoms with Gasteiger partial charge < -0.3 is 26.0 Å². The lowest BCUT2D eigenvalue weighted by Crippen LogP contribution is -2.43. The zero-order valence-electron chi connectivity index (χ0n) is 17.8. The SMILES string of the molecule is CCNC(=NCCNC(=O)c1ccccc1O)NC(C)CCCN(CC)CC. The first-order valence-corrected chi connectivity index (χ1v) is 10.3. The van der Waals surface area contributed by atoms with Crippen LogP contribution in [-0.2, 0) is 0 Å². The summed E-state index contributed by atoms with van der Waals surface area (Å²) in [5.74, 6) is 0.447. The number of amides is 1. The fourth-order valence-corrected chi connectivity index (χ4v) is 2.88. The molecular weight excluding hydrogens is 354 g/mol. The Bertz CT molecular complexity index is 602. The number of nitrogens with one attached hydrogen (secondary N) is 3. The monoisotopic (exact) mass is 391 g/mol. The van der Waals surface area contributed by atoms with E-state index in [4.69, 9.17) is 0 Å². The summed E-state index contributed by atoms with van der Waals surface area (Å²) >= 11 is 0. The van der Waals surface area contributed by atoms with Crippen LogP contribution in [0.25, 0.3) is 0 Å². The van der Waals surface area contributed by atoms with Crippen LogP contribution >= 0.6 is 0 Å². The predicted octanol–water partition coefficient (Wildman–Crippen LogP) is 2.19. The van der Waals surface area contributed by atoms with Gasteiger partial charge in [-0.05, 0) is 58.5 Å². The summed E-state index contributed by atoms with van der Waals surface area (Å²) in [7, 11) is 0. The van der Waals surface area contributed by atoms with Crippen LogP contribution in [0, 0.1) is 0 Å². The van der Waals surface area contributed by atoms with Crippen LogP contribution in [0.2, 0.25) is 0 Å². The molecule has 0 fully saturated rings. The lowest BCUT2D eigenvalue weighted by atomic mass is 10.2. The second-order valence-electron chi connectivity index (χ2n) is 6.75. The Kier molecular flexibility index (Phi) is 11.7. The van der Waals surface area contributed by atoms with Gasteiger partial charge in [0.05, 0.1) is 12.1 Å². The molecule has 1 rings (SSSR count). The zero-order valence-corrected chi connectivity index (χ0v) is 17.8. The van der Waals surface area contributed by atoms with Crippen molar-refractivity contribution in [1.29, 1.82) is 0 Å². The summed E-state index contributed by atoms with van der Waals surface area (Å²) in [6.07, 6.45) is 2.22. The van der Waals surface area contributed by atoms with E-state index in [0.717, 1.165) is 45.0 Å². The fourth-order valence-electron chi connectivity index (χ4n) is 2.88. The Morgan fingerprint density at radius 3 is 2.54 bits per heavy atom. The molecule has 7 heteroatoms. The molecule has 7 nitrogen and oxygen atoms in total. The molecule has 0 heterocycles. The van der Waals surface area contributed by atoms with Crippen LogP contribution < -0.4 is 16.0 Å². The summed E-state index contributed by atoms with van der Waals surface area (Å²) < 4.78 is 0. The quantitative estimate of drug-likeness (QED) is 0.249. The van der Waals surface area contributed by atoms with Gasteiger partial charge in [0.1, 0.15) is 5.75 Å². The second-order valence-corrected chi connectivity index (χ2v) is 6.75. The van der Waals surface area contributed by atoms with Crippen molar-refractivity contribution in [2.24, 2.45) is 4.99 Å². The number of aromatic hydroxyl groups is 1. The number of carbonyl (C=O) groups excluding carboxylic acids is 1. The molecule has 158 valence electrons. The molecule has 0 aliphatic rings. The summed E-state index contributed by atoms with van der Waals surface area (Å²) in [5.41, 5.74) is 0.276. The van der Waals surface area contributed by atoms with Crippen LogP contribution in [0.15, 0.2) is 29.3 Å². The van der Waals surface area contributed by atoms with Gasteiger partial charge >= 0.3 is 0 Å². The molecule has 1 amide bonds. The van der Waals surface area contributed by atoms with Gasteiger partial charge in [-0.25, -0.2) is 0 Å². The third-order valence-corrected chi connectivity index (χ3v) is 4.55. The van der Waals surface area contributed by atoms with Gasteiger partial charge in [0.15, 0.2) is 5.96 Å². The number of rotatable bonds is 12. The van der Waals surface area contributed by atoms with Crippen LogP contribution in [0.1, 0.15) is 50.9 Å². The Morgan fingerprint density at radius 1 is 1.18 bits per heavy atom. The number of hydrogen-bond donors (Lipinski definition) is 4. The van der Waals surface area contributed by atoms with Crippen LogP contribution in [0.4, 0.5) is 0 Å². The molecule has 0 spiro atoms. The minimum atomic E-state index is -0.295. The molecule has 1 atom stereocenters. The molecule has 1 aromatic rings. The second kappa shape index (κ2) is 13.8. The van der Waals surface area contributed by atoms with Crippen molar-refractivity contribution >= 4 is 11.9 Å². The van der Waals surface area contributed by atoms with Gasteiger partial charge in [0.25, 0.3) is 5.91 Å². The number of phenolic OH excluding ortho intramolecular Hbond substituents is 1. The van der Waals surface area contributed by atoms with Gasteiger partial charge in [-0.15, -0.1) is 0 Å². The van der Waals surface area contributed by atoms with E-state index in [1.54, 1.807) is 18.2 Å². The Morgan fingerprint density at radius 2 is 1.89 bits per heavy atom. The van der Waals surface area contributed by atoms with Crippen LogP contribution in [0.3, 0.4) is 0 Å². The summed E-state index contributed by atoms with van der Waals surface area (Å²) in [5, 5.41) is 19.2. The number of carbonyl (C=O) groups is 1. The molecule has 0 saturated carbocycles. The first-order chi connectivity index (χ1) is 13.5. The highest BCUT2D eigenvalue weighted by Crippen LogP contribution is 2.14. The lowest BCUT2D eigenvalue weighted by Gasteiger charge is -2.21. The van der Waals surface area contributed by atoms with E-state index in [1.165, 1.54) is 6.07 Å². The third kappa shape index (κ3) is 9.08. The van der Waals surface area contributed by atoms with E-state index >= 15 is 0 Å². The summed E-state index contributed by atoms with van der Waals surface area (Å²) in [4.78, 5) is 19.0. The largest absolute Gasteiger partial charge is 0.507 e. The van der Waals surface area contributed by atoms with Crippen molar-refractivity contribution in [3.8, 4) is 5.75 Å². The highest BCUT2D eigenvalue weighted by atomic mass is 16.3. The lowest BCUT2D eigenvalue weighted by molar-refractivity contribution is 0.0952. The number of hydrogen-bond acceptors (Lipinski definition) is 4. The van der Waals surface area contributed by atoms with Gasteiger partial charge in [0.2, 0.25) is 0 Å². The van der Waals surface area contributed by atoms with Gasteiger partial charge in [-0.1, -0.05) is 26.0 Å². The number of phenols is 1. The van der Waals surface area contributed by atoms with E-state index in [-0.39, 0.29) is 17.2 Å². The molecule has 1 aromatic carbocycles. The van der Waals surface area contributed by atoms with E-state index in [9.17, 15) is 9.90 Å². The molecule has 0 radical (unpaired) electrons. The van der Waals surface area contributed by atoms with Crippen LogP contribution in [-0.4, -0.2) is 67.2 Å². The van der Waals surface area contributed by atoms with Crippen LogP contribution in [0.5, 0.6) is 5.75 Å². The standard InChI is InChI=1S/C21H37N5O2/c1-5-22-21(25-17(4)11-10-16-26(6-2)7-3)24-15-14-23-20(28)18-12-8-9-13-19(18)27/h8-9,12-13,17,27H,5-7,10-11,14-16H2,1-4H3,(H,23,28)(H2,22,24,25). The maximum atomic E-state index is 12.1. The number of guanidine groups is 1. The molecule has 0 aliphatic carbocycles. The van der Waals surface area contributed by atoms with E-state index in [2.05, 4.69) is 46.6 Å². The maximum absolute atomic E-state index is 12.1. The number of para-hydroxylation sites is 1. The van der Waals surface area contributed by atoms with Crippen molar-refractivity contribution in [3.05, 3.63) is 29.8 Å². The average Bonchev–Trinajstić information content (AvgIpc) is 2.68. The molecule has 1 unspecified atom stereocenters. The Balaban J connectivity index is 2.40. The van der Waals surface area contributed by atoms with E-state index < -0.39 is 0 Å². The average molecular weight is 392 g/mol. The maximum Gasteiger partial charge on any atom is 0.255 e. The number of nitrogens with zero attached hydrogens (tertiary/aromatic N) is 2. The van der Waals surface area contributed by atoms with Crippen molar-refractivity contribution in [3.63, 3.8) is 0 Å². The van der Waals surface area contributed by atoms with Gasteiger partial charge in [0, 0.05) is 19.1 Å². The van der Waals surface area contributed by atoms with Gasteiger partial charge in [-0.3, -0.25) is 9.79 Å². The molecule has 0 saturated heterocycles. The molecule has 28 heavy (non-hydrogen) atoms. The molecular formula is C21H37N5O2. The predicted molar refractivity (Wildman–Crippen MR) is 116 cm³/mol. The number of benzene rings is 1. The Labute approximate surface area is 169 Å². The van der Waals surface area contributed by atoms with Gasteiger partial charge in [-0.2, -0.15) is 0 Å². The first-order valence-electron chi connectivity index (χ1n) is 10.3. The highest BCUT2D eigenvalue weighted by Gasteiger charge is 2.09. The minimum absolute atomic E-state index is 0.0166. The molecule has 0 bridgehead atoms. The van der Waals surface area contributed by atoms with Crippen molar-refractivity contribution in [2.75, 3.05) is 39.3 Å². The highest BCUT2D eigenvalue weighted by molar-refractivity contribution is 5.96. The zero-order chi connectivity index (χ0) is 20.8. The Hall–Kier alpha value is -2.28. The molecule has 0 aromatic heterocycles. The number of aliphatic imine (C=N–C) groups is 1. The first kappa shape index (κ1) is 23.8. The smallest absolute Gasteiger partial charge is 0.255 e. The van der Waals surface area contributed by atoms with Crippen molar-refractivity contribution in [1.82, 2.24) is 20.9 Å².